The second-order valence-electron chi connectivity index (χ2n) is 6.89. The van der Waals surface area contributed by atoms with Crippen molar-refractivity contribution in [3.63, 3.8) is 0 Å². The van der Waals surface area contributed by atoms with Gasteiger partial charge in [0.1, 0.15) is 18.3 Å². The molecule has 0 atom stereocenters. The van der Waals surface area contributed by atoms with Crippen LogP contribution < -0.4 is 10.9 Å². The van der Waals surface area contributed by atoms with Gasteiger partial charge >= 0.3 is 0 Å². The number of benzene rings is 2. The summed E-state index contributed by atoms with van der Waals surface area (Å²) in [5.41, 5.74) is 3.30. The van der Waals surface area contributed by atoms with Crippen LogP contribution in [-0.2, 0) is 17.8 Å². The number of nitrogens with zero attached hydrogens (tertiary/aromatic N) is 4. The molecule has 7 nitrogen and oxygen atoms in total. The molecular weight excluding hydrogens is 366 g/mol. The third kappa shape index (κ3) is 4.08. The Bertz CT molecular complexity index is 1190. The van der Waals surface area contributed by atoms with Crippen molar-refractivity contribution < 1.29 is 4.79 Å². The summed E-state index contributed by atoms with van der Waals surface area (Å²) in [6, 6.07) is 17.7. The maximum Gasteiger partial charge on any atom is 0.264 e. The summed E-state index contributed by atoms with van der Waals surface area (Å²) < 4.78 is 2.93. The Morgan fingerprint density at radius 1 is 1.07 bits per heavy atom. The number of fused-ring (bicyclic) bond motifs is 1. The van der Waals surface area contributed by atoms with Crippen LogP contribution in [0.1, 0.15) is 11.1 Å². The van der Waals surface area contributed by atoms with Crippen molar-refractivity contribution in [2.24, 2.45) is 0 Å². The van der Waals surface area contributed by atoms with Crippen LogP contribution in [0.5, 0.6) is 0 Å². The lowest BCUT2D eigenvalue weighted by molar-refractivity contribution is -0.121. The van der Waals surface area contributed by atoms with Crippen LogP contribution in [0.3, 0.4) is 0 Å². The van der Waals surface area contributed by atoms with Crippen molar-refractivity contribution in [3.05, 3.63) is 88.6 Å². The first-order valence-corrected chi connectivity index (χ1v) is 9.42. The number of carbonyl (C=O) groups is 1. The first kappa shape index (κ1) is 18.6. The molecule has 4 aromatic rings. The van der Waals surface area contributed by atoms with Gasteiger partial charge in [-0.15, -0.1) is 0 Å². The van der Waals surface area contributed by atoms with E-state index in [1.54, 1.807) is 4.68 Å². The molecule has 0 saturated heterocycles. The molecule has 146 valence electrons. The second kappa shape index (κ2) is 8.10. The van der Waals surface area contributed by atoms with Crippen molar-refractivity contribution in [2.45, 2.75) is 19.9 Å². The molecule has 0 spiro atoms. The van der Waals surface area contributed by atoms with Gasteiger partial charge in [-0.2, -0.15) is 5.10 Å². The van der Waals surface area contributed by atoms with E-state index in [4.69, 9.17) is 0 Å². The average Bonchev–Trinajstić information content (AvgIpc) is 3.16. The van der Waals surface area contributed by atoms with Crippen molar-refractivity contribution >= 4 is 16.9 Å². The first-order chi connectivity index (χ1) is 14.1. The average molecular weight is 387 g/mol. The molecule has 0 aliphatic heterocycles. The number of aromatic nitrogens is 4. The molecule has 0 unspecified atom stereocenters. The molecule has 1 N–H and O–H groups in total. The second-order valence-corrected chi connectivity index (χ2v) is 6.89. The quantitative estimate of drug-likeness (QED) is 0.550. The van der Waals surface area contributed by atoms with E-state index in [1.165, 1.54) is 17.1 Å². The van der Waals surface area contributed by atoms with Crippen LogP contribution in [-0.4, -0.2) is 31.8 Å². The van der Waals surface area contributed by atoms with Gasteiger partial charge < -0.3 is 5.32 Å². The number of hydrogen-bond donors (Lipinski definition) is 1. The van der Waals surface area contributed by atoms with Gasteiger partial charge in [0.25, 0.3) is 5.56 Å². The summed E-state index contributed by atoms with van der Waals surface area (Å²) in [6.07, 6.45) is 3.63. The number of carbonyl (C=O) groups excluding carboxylic acids is 1. The molecule has 1 amide bonds. The number of hydrogen-bond acceptors (Lipinski definition) is 4. The summed E-state index contributed by atoms with van der Waals surface area (Å²) in [4.78, 5) is 29.3. The molecule has 29 heavy (non-hydrogen) atoms. The molecule has 0 aliphatic rings. The maximum absolute atomic E-state index is 12.7. The van der Waals surface area contributed by atoms with Gasteiger partial charge in [0.05, 0.1) is 11.9 Å². The van der Waals surface area contributed by atoms with E-state index in [0.29, 0.717) is 17.6 Å². The van der Waals surface area contributed by atoms with E-state index in [2.05, 4.69) is 15.4 Å². The number of amides is 1. The van der Waals surface area contributed by atoms with E-state index < -0.39 is 0 Å². The molecule has 0 bridgehead atoms. The summed E-state index contributed by atoms with van der Waals surface area (Å²) in [7, 11) is 0. The lowest BCUT2D eigenvalue weighted by Crippen LogP contribution is -2.33. The van der Waals surface area contributed by atoms with Gasteiger partial charge in [0.2, 0.25) is 5.91 Å². The zero-order valence-electron chi connectivity index (χ0n) is 16.1. The molecule has 0 fully saturated rings. The van der Waals surface area contributed by atoms with Crippen LogP contribution in [0.25, 0.3) is 16.7 Å². The fourth-order valence-corrected chi connectivity index (χ4v) is 3.14. The Balaban J connectivity index is 1.47. The normalized spacial score (nSPS) is 10.9. The van der Waals surface area contributed by atoms with Crippen LogP contribution in [0.15, 0.2) is 71.9 Å². The first-order valence-electron chi connectivity index (χ1n) is 9.42. The standard InChI is InChI=1S/C22H21N5O2/c1-16-7-9-18(10-8-16)27-21-19(13-25-27)22(29)26(15-24-21)14-20(28)23-12-11-17-5-3-2-4-6-17/h2-10,13,15H,11-12,14H2,1H3,(H,23,28). The minimum Gasteiger partial charge on any atom is -0.354 e. The number of nitrogens with one attached hydrogen (secondary N) is 1. The van der Waals surface area contributed by atoms with E-state index >= 15 is 0 Å². The van der Waals surface area contributed by atoms with E-state index in [1.807, 2.05) is 61.5 Å². The van der Waals surface area contributed by atoms with Crippen molar-refractivity contribution in [1.82, 2.24) is 24.6 Å². The smallest absolute Gasteiger partial charge is 0.264 e. The van der Waals surface area contributed by atoms with Crippen LogP contribution in [0.2, 0.25) is 0 Å². The summed E-state index contributed by atoms with van der Waals surface area (Å²) in [6.45, 7) is 2.44. The van der Waals surface area contributed by atoms with E-state index in [0.717, 1.165) is 23.2 Å². The van der Waals surface area contributed by atoms with Crippen LogP contribution in [0.4, 0.5) is 0 Å². The van der Waals surface area contributed by atoms with Gasteiger partial charge in [-0.25, -0.2) is 9.67 Å². The SMILES string of the molecule is Cc1ccc(-n2ncc3c(=O)n(CC(=O)NCCc4ccccc4)cnc32)cc1. The zero-order chi connectivity index (χ0) is 20.2. The Labute approximate surface area is 167 Å². The highest BCUT2D eigenvalue weighted by atomic mass is 16.2. The van der Waals surface area contributed by atoms with Gasteiger partial charge in [-0.05, 0) is 31.0 Å². The largest absolute Gasteiger partial charge is 0.354 e. The minimum atomic E-state index is -0.286. The van der Waals surface area contributed by atoms with Crippen LogP contribution >= 0.6 is 0 Å². The predicted octanol–water partition coefficient (Wildman–Crippen LogP) is 2.25. The molecule has 2 heterocycles. The van der Waals surface area contributed by atoms with Gasteiger partial charge in [0.15, 0.2) is 5.65 Å². The topological polar surface area (TPSA) is 81.8 Å². The van der Waals surface area contributed by atoms with Gasteiger partial charge in [-0.1, -0.05) is 48.0 Å². The predicted molar refractivity (Wildman–Crippen MR) is 111 cm³/mol. The van der Waals surface area contributed by atoms with Gasteiger partial charge in [0, 0.05) is 6.54 Å². The molecule has 4 rings (SSSR count). The molecule has 0 aliphatic carbocycles. The Morgan fingerprint density at radius 2 is 1.83 bits per heavy atom. The lowest BCUT2D eigenvalue weighted by Gasteiger charge is -2.08. The molecule has 7 heteroatoms. The third-order valence-corrected chi connectivity index (χ3v) is 4.73. The van der Waals surface area contributed by atoms with Gasteiger partial charge in [-0.3, -0.25) is 14.2 Å². The minimum absolute atomic E-state index is 0.0771. The Morgan fingerprint density at radius 3 is 2.59 bits per heavy atom. The Kier molecular flexibility index (Phi) is 5.20. The van der Waals surface area contributed by atoms with Crippen molar-refractivity contribution in [2.75, 3.05) is 6.54 Å². The molecule has 0 saturated carbocycles. The summed E-state index contributed by atoms with van der Waals surface area (Å²) in [5, 5.41) is 7.52. The summed E-state index contributed by atoms with van der Waals surface area (Å²) in [5.74, 6) is -0.227. The monoisotopic (exact) mass is 387 g/mol. The number of aryl methyl sites for hydroxylation is 1. The van der Waals surface area contributed by atoms with E-state index in [-0.39, 0.29) is 18.0 Å². The summed E-state index contributed by atoms with van der Waals surface area (Å²) >= 11 is 0. The lowest BCUT2D eigenvalue weighted by atomic mass is 10.1. The molecule has 2 aromatic heterocycles. The zero-order valence-corrected chi connectivity index (χ0v) is 16.1. The highest BCUT2D eigenvalue weighted by molar-refractivity contribution is 5.77. The highest BCUT2D eigenvalue weighted by Crippen LogP contribution is 2.14. The molecular formula is C22H21N5O2. The fourth-order valence-electron chi connectivity index (χ4n) is 3.14. The van der Waals surface area contributed by atoms with Crippen LogP contribution in [0, 0.1) is 6.92 Å². The Hall–Kier alpha value is -3.74. The molecule has 0 radical (unpaired) electrons. The maximum atomic E-state index is 12.7. The third-order valence-electron chi connectivity index (χ3n) is 4.73. The number of rotatable bonds is 6. The van der Waals surface area contributed by atoms with E-state index in [9.17, 15) is 9.59 Å². The van der Waals surface area contributed by atoms with Crippen molar-refractivity contribution in [3.8, 4) is 5.69 Å². The molecule has 2 aromatic carbocycles. The highest BCUT2D eigenvalue weighted by Gasteiger charge is 2.13. The fraction of sp³-hybridized carbons (Fsp3) is 0.182. The van der Waals surface area contributed by atoms with Crippen molar-refractivity contribution in [1.29, 1.82) is 0 Å².